The van der Waals surface area contributed by atoms with E-state index in [0.29, 0.717) is 18.1 Å². The number of carbonyl (C=O) groups is 1. The van der Waals surface area contributed by atoms with Crippen LogP contribution < -0.4 is 4.74 Å². The SMILES string of the molecule is COC(=O)c1ccc(CC(C)COc2cc(C)c(Br)c(C)c2)cc1. The summed E-state index contributed by atoms with van der Waals surface area (Å²) in [5.74, 6) is 0.971. The Labute approximate surface area is 152 Å². The molecule has 0 N–H and O–H groups in total. The van der Waals surface area contributed by atoms with E-state index in [0.717, 1.165) is 16.6 Å². The number of hydrogen-bond acceptors (Lipinski definition) is 3. The third-order valence-corrected chi connectivity index (χ3v) is 5.15. The largest absolute Gasteiger partial charge is 0.493 e. The molecule has 0 aliphatic carbocycles. The first kappa shape index (κ1) is 18.5. The van der Waals surface area contributed by atoms with Gasteiger partial charge in [0, 0.05) is 4.47 Å². The van der Waals surface area contributed by atoms with E-state index in [1.807, 2.05) is 12.1 Å². The van der Waals surface area contributed by atoms with Crippen molar-refractivity contribution in [3.63, 3.8) is 0 Å². The first-order chi connectivity index (χ1) is 11.4. The van der Waals surface area contributed by atoms with Crippen LogP contribution in [0.2, 0.25) is 0 Å². The lowest BCUT2D eigenvalue weighted by molar-refractivity contribution is 0.0600. The number of halogens is 1. The lowest BCUT2D eigenvalue weighted by Crippen LogP contribution is -2.12. The summed E-state index contributed by atoms with van der Waals surface area (Å²) in [4.78, 5) is 11.4. The second kappa shape index (κ2) is 8.34. The molecule has 0 aliphatic heterocycles. The predicted octanol–water partition coefficient (Wildman–Crippen LogP) is 5.11. The third-order valence-electron chi connectivity index (χ3n) is 3.90. The zero-order valence-corrected chi connectivity index (χ0v) is 16.1. The van der Waals surface area contributed by atoms with Crippen LogP contribution in [0.5, 0.6) is 5.75 Å². The van der Waals surface area contributed by atoms with E-state index in [9.17, 15) is 4.79 Å². The molecule has 0 spiro atoms. The molecule has 0 amide bonds. The number of carbonyl (C=O) groups excluding carboxylic acids is 1. The third kappa shape index (κ3) is 4.84. The molecule has 0 saturated carbocycles. The number of methoxy groups -OCH3 is 1. The van der Waals surface area contributed by atoms with E-state index >= 15 is 0 Å². The van der Waals surface area contributed by atoms with Gasteiger partial charge in [-0.2, -0.15) is 0 Å². The Morgan fingerprint density at radius 1 is 1.12 bits per heavy atom. The van der Waals surface area contributed by atoms with Crippen LogP contribution in [-0.4, -0.2) is 19.7 Å². The van der Waals surface area contributed by atoms with Crippen molar-refractivity contribution in [3.8, 4) is 5.75 Å². The monoisotopic (exact) mass is 390 g/mol. The Morgan fingerprint density at radius 3 is 2.25 bits per heavy atom. The minimum Gasteiger partial charge on any atom is -0.493 e. The summed E-state index contributed by atoms with van der Waals surface area (Å²) >= 11 is 3.57. The molecule has 3 nitrogen and oxygen atoms in total. The highest BCUT2D eigenvalue weighted by atomic mass is 79.9. The zero-order chi connectivity index (χ0) is 17.7. The fourth-order valence-electron chi connectivity index (χ4n) is 2.58. The van der Waals surface area contributed by atoms with Crippen molar-refractivity contribution in [1.82, 2.24) is 0 Å². The number of rotatable bonds is 6. The molecule has 1 atom stereocenters. The van der Waals surface area contributed by atoms with Gasteiger partial charge in [0.05, 0.1) is 19.3 Å². The van der Waals surface area contributed by atoms with Gasteiger partial charge in [0.1, 0.15) is 5.75 Å². The average Bonchev–Trinajstić information content (AvgIpc) is 2.57. The molecule has 0 aromatic heterocycles. The number of aryl methyl sites for hydroxylation is 2. The molecule has 2 aromatic rings. The molecule has 0 heterocycles. The minimum absolute atomic E-state index is 0.307. The summed E-state index contributed by atoms with van der Waals surface area (Å²) in [6.45, 7) is 6.94. The summed E-state index contributed by atoms with van der Waals surface area (Å²) in [7, 11) is 1.39. The van der Waals surface area contributed by atoms with Crippen LogP contribution >= 0.6 is 15.9 Å². The summed E-state index contributed by atoms with van der Waals surface area (Å²) < 4.78 is 11.8. The van der Waals surface area contributed by atoms with E-state index in [1.165, 1.54) is 23.8 Å². The molecule has 0 saturated heterocycles. The van der Waals surface area contributed by atoms with Crippen molar-refractivity contribution in [1.29, 1.82) is 0 Å². The molecule has 0 fully saturated rings. The van der Waals surface area contributed by atoms with Gasteiger partial charge in [0.2, 0.25) is 0 Å². The highest BCUT2D eigenvalue weighted by molar-refractivity contribution is 9.10. The van der Waals surface area contributed by atoms with E-state index in [1.54, 1.807) is 12.1 Å². The van der Waals surface area contributed by atoms with Gasteiger partial charge in [-0.05, 0) is 67.1 Å². The molecule has 0 radical (unpaired) electrons. The van der Waals surface area contributed by atoms with E-state index in [-0.39, 0.29) is 5.97 Å². The second-order valence-corrected chi connectivity index (χ2v) is 6.97. The summed E-state index contributed by atoms with van der Waals surface area (Å²) in [6.07, 6.45) is 0.899. The molecule has 0 bridgehead atoms. The first-order valence-corrected chi connectivity index (χ1v) is 8.76. The molecule has 24 heavy (non-hydrogen) atoms. The Morgan fingerprint density at radius 2 is 1.71 bits per heavy atom. The lowest BCUT2D eigenvalue weighted by atomic mass is 10.0. The van der Waals surface area contributed by atoms with Crippen LogP contribution in [0.4, 0.5) is 0 Å². The Kier molecular flexibility index (Phi) is 6.44. The van der Waals surface area contributed by atoms with Crippen LogP contribution in [0, 0.1) is 19.8 Å². The van der Waals surface area contributed by atoms with Gasteiger partial charge in [-0.1, -0.05) is 35.0 Å². The zero-order valence-electron chi connectivity index (χ0n) is 14.6. The first-order valence-electron chi connectivity index (χ1n) is 7.97. The second-order valence-electron chi connectivity index (χ2n) is 6.18. The predicted molar refractivity (Wildman–Crippen MR) is 99.8 cm³/mol. The molecule has 0 aliphatic rings. The number of esters is 1. The molecule has 1 unspecified atom stereocenters. The Bertz CT molecular complexity index is 684. The average molecular weight is 391 g/mol. The fraction of sp³-hybridized carbons (Fsp3) is 0.350. The van der Waals surface area contributed by atoms with Gasteiger partial charge >= 0.3 is 5.97 Å². The van der Waals surface area contributed by atoms with E-state index in [2.05, 4.69) is 48.8 Å². The van der Waals surface area contributed by atoms with Crippen LogP contribution in [-0.2, 0) is 11.2 Å². The molecule has 2 aromatic carbocycles. The quantitative estimate of drug-likeness (QED) is 0.642. The summed E-state index contributed by atoms with van der Waals surface area (Å²) in [6, 6.07) is 11.6. The Hall–Kier alpha value is -1.81. The van der Waals surface area contributed by atoms with Crippen molar-refractivity contribution in [2.45, 2.75) is 27.2 Å². The number of hydrogen-bond donors (Lipinski definition) is 0. The maximum Gasteiger partial charge on any atom is 0.337 e. The van der Waals surface area contributed by atoms with Crippen LogP contribution in [0.15, 0.2) is 40.9 Å². The topological polar surface area (TPSA) is 35.5 Å². The minimum atomic E-state index is -0.307. The van der Waals surface area contributed by atoms with Crippen molar-refractivity contribution >= 4 is 21.9 Å². The van der Waals surface area contributed by atoms with E-state index in [4.69, 9.17) is 9.47 Å². The van der Waals surface area contributed by atoms with Crippen molar-refractivity contribution in [2.24, 2.45) is 5.92 Å². The highest BCUT2D eigenvalue weighted by Gasteiger charge is 2.09. The molecule has 4 heteroatoms. The normalized spacial score (nSPS) is 11.9. The smallest absolute Gasteiger partial charge is 0.337 e. The lowest BCUT2D eigenvalue weighted by Gasteiger charge is -2.15. The van der Waals surface area contributed by atoms with Crippen LogP contribution in [0.25, 0.3) is 0 Å². The highest BCUT2D eigenvalue weighted by Crippen LogP contribution is 2.26. The summed E-state index contributed by atoms with van der Waals surface area (Å²) in [5, 5.41) is 0. The van der Waals surface area contributed by atoms with Gasteiger partial charge in [0.15, 0.2) is 0 Å². The van der Waals surface area contributed by atoms with Gasteiger partial charge in [0.25, 0.3) is 0 Å². The molecule has 128 valence electrons. The van der Waals surface area contributed by atoms with Crippen molar-refractivity contribution in [3.05, 3.63) is 63.1 Å². The van der Waals surface area contributed by atoms with Crippen LogP contribution in [0.1, 0.15) is 34.0 Å². The maximum atomic E-state index is 11.4. The van der Waals surface area contributed by atoms with Crippen LogP contribution in [0.3, 0.4) is 0 Å². The summed E-state index contributed by atoms with van der Waals surface area (Å²) in [5.41, 5.74) is 4.11. The fourth-order valence-corrected chi connectivity index (χ4v) is 2.81. The number of ether oxygens (including phenoxy) is 2. The maximum absolute atomic E-state index is 11.4. The van der Waals surface area contributed by atoms with Crippen molar-refractivity contribution in [2.75, 3.05) is 13.7 Å². The molecule has 2 rings (SSSR count). The number of benzene rings is 2. The standard InChI is InChI=1S/C20H23BrO3/c1-13(9-16-5-7-17(8-6-16)20(22)23-4)12-24-18-10-14(2)19(21)15(3)11-18/h5-8,10-11,13H,9,12H2,1-4H3. The van der Waals surface area contributed by atoms with Crippen molar-refractivity contribution < 1.29 is 14.3 Å². The van der Waals surface area contributed by atoms with Gasteiger partial charge in [-0.25, -0.2) is 4.79 Å². The molecular formula is C20H23BrO3. The van der Waals surface area contributed by atoms with Gasteiger partial charge < -0.3 is 9.47 Å². The molecular weight excluding hydrogens is 368 g/mol. The van der Waals surface area contributed by atoms with E-state index < -0.39 is 0 Å². The van der Waals surface area contributed by atoms with Gasteiger partial charge in [-0.3, -0.25) is 0 Å². The van der Waals surface area contributed by atoms with Gasteiger partial charge in [-0.15, -0.1) is 0 Å². The Balaban J connectivity index is 1.91.